The first-order chi connectivity index (χ1) is 5.07. The minimum atomic E-state index is -2.41. The van der Waals surface area contributed by atoms with Crippen molar-refractivity contribution < 1.29 is 8.78 Å². The molecular formula is C7H12F2N2. The molecule has 2 nitrogen and oxygen atoms in total. The molecule has 1 unspecified atom stereocenters. The van der Waals surface area contributed by atoms with Gasteiger partial charge in [-0.3, -0.25) is 4.99 Å². The Bertz CT molecular complexity index is 164. The van der Waals surface area contributed by atoms with Gasteiger partial charge in [0.15, 0.2) is 0 Å². The summed E-state index contributed by atoms with van der Waals surface area (Å²) in [5.41, 5.74) is 5.55. The first-order valence-electron chi connectivity index (χ1n) is 3.28. The summed E-state index contributed by atoms with van der Waals surface area (Å²) in [6.07, 6.45) is 0.353. The fourth-order valence-corrected chi connectivity index (χ4v) is 0.560. The molecule has 0 heterocycles. The lowest BCUT2D eigenvalue weighted by molar-refractivity contribution is 0.124. The molecule has 0 aromatic rings. The minimum absolute atomic E-state index is 0.514. The first-order valence-corrected chi connectivity index (χ1v) is 3.28. The Morgan fingerprint density at radius 3 is 2.45 bits per heavy atom. The predicted octanol–water partition coefficient (Wildman–Crippen LogP) is 1.57. The molecule has 11 heavy (non-hydrogen) atoms. The Labute approximate surface area is 64.8 Å². The Balaban J connectivity index is 4.07. The highest BCUT2D eigenvalue weighted by atomic mass is 19.3. The molecule has 0 bridgehead atoms. The van der Waals surface area contributed by atoms with E-state index in [4.69, 9.17) is 5.73 Å². The highest BCUT2D eigenvalue weighted by molar-refractivity contribution is 5.92. The normalized spacial score (nSPS) is 16.3. The molecule has 4 heteroatoms. The number of nitrogens with two attached hydrogens (primary N) is 1. The van der Waals surface area contributed by atoms with Gasteiger partial charge in [0, 0.05) is 5.71 Å². The van der Waals surface area contributed by atoms with Gasteiger partial charge in [0.1, 0.15) is 6.04 Å². The fraction of sp³-hybridized carbons (Fsp3) is 0.571. The zero-order valence-electron chi connectivity index (χ0n) is 6.59. The molecule has 0 aliphatic rings. The van der Waals surface area contributed by atoms with Crippen LogP contribution in [-0.2, 0) is 0 Å². The molecule has 0 amide bonds. The van der Waals surface area contributed by atoms with E-state index < -0.39 is 12.5 Å². The molecule has 0 fully saturated rings. The van der Waals surface area contributed by atoms with E-state index in [2.05, 4.69) is 4.99 Å². The van der Waals surface area contributed by atoms with Crippen molar-refractivity contribution in [3.63, 3.8) is 0 Å². The largest absolute Gasteiger partial charge is 0.405 e. The van der Waals surface area contributed by atoms with Crippen molar-refractivity contribution in [2.75, 3.05) is 0 Å². The molecule has 0 aromatic heterocycles. The monoisotopic (exact) mass is 162 g/mol. The van der Waals surface area contributed by atoms with Crippen LogP contribution < -0.4 is 5.73 Å². The second-order valence-corrected chi connectivity index (χ2v) is 2.20. The molecule has 2 N–H and O–H groups in total. The SMILES string of the molecule is CC(C=CN)=NC(C)C(F)F. The van der Waals surface area contributed by atoms with Gasteiger partial charge in [0.25, 0.3) is 6.43 Å². The molecule has 0 aromatic carbocycles. The van der Waals surface area contributed by atoms with Crippen molar-refractivity contribution in [1.82, 2.24) is 0 Å². The van der Waals surface area contributed by atoms with Crippen LogP contribution >= 0.6 is 0 Å². The molecule has 0 spiro atoms. The summed E-state index contributed by atoms with van der Waals surface area (Å²) in [6.45, 7) is 2.99. The lowest BCUT2D eigenvalue weighted by atomic mass is 10.3. The lowest BCUT2D eigenvalue weighted by Crippen LogP contribution is -2.12. The molecule has 0 aliphatic heterocycles. The summed E-state index contributed by atoms with van der Waals surface area (Å²) < 4.78 is 23.7. The second-order valence-electron chi connectivity index (χ2n) is 2.20. The van der Waals surface area contributed by atoms with Crippen LogP contribution in [0.4, 0.5) is 8.78 Å². The third-order valence-corrected chi connectivity index (χ3v) is 1.11. The van der Waals surface area contributed by atoms with E-state index in [1.807, 2.05) is 0 Å². The van der Waals surface area contributed by atoms with Crippen LogP contribution in [0.25, 0.3) is 0 Å². The van der Waals surface area contributed by atoms with Gasteiger partial charge >= 0.3 is 0 Å². The number of nitrogens with zero attached hydrogens (tertiary/aromatic N) is 1. The van der Waals surface area contributed by atoms with Crippen LogP contribution in [-0.4, -0.2) is 18.2 Å². The van der Waals surface area contributed by atoms with Gasteiger partial charge in [-0.2, -0.15) is 0 Å². The van der Waals surface area contributed by atoms with Crippen LogP contribution in [0, 0.1) is 0 Å². The van der Waals surface area contributed by atoms with Crippen LogP contribution in [0.5, 0.6) is 0 Å². The van der Waals surface area contributed by atoms with Gasteiger partial charge in [-0.15, -0.1) is 0 Å². The quantitative estimate of drug-likeness (QED) is 0.628. The van der Waals surface area contributed by atoms with Crippen LogP contribution in [0.1, 0.15) is 13.8 Å². The van der Waals surface area contributed by atoms with E-state index in [1.165, 1.54) is 19.2 Å². The second kappa shape index (κ2) is 4.82. The van der Waals surface area contributed by atoms with Gasteiger partial charge in [-0.1, -0.05) is 0 Å². The minimum Gasteiger partial charge on any atom is -0.405 e. The molecule has 0 saturated heterocycles. The van der Waals surface area contributed by atoms with Crippen LogP contribution in [0.15, 0.2) is 17.3 Å². The summed E-state index contributed by atoms with van der Waals surface area (Å²) in [5.74, 6) is 0. The van der Waals surface area contributed by atoms with E-state index in [9.17, 15) is 8.78 Å². The standard InChI is InChI=1S/C7H12F2N2/c1-5(3-4-10)11-6(2)7(8)9/h3-4,6-7H,10H2,1-2H3. The number of halogens is 2. The third-order valence-electron chi connectivity index (χ3n) is 1.11. The van der Waals surface area contributed by atoms with E-state index in [1.54, 1.807) is 6.92 Å². The van der Waals surface area contributed by atoms with Crippen molar-refractivity contribution in [3.8, 4) is 0 Å². The summed E-state index contributed by atoms with van der Waals surface area (Å²) >= 11 is 0. The predicted molar refractivity (Wildman–Crippen MR) is 41.9 cm³/mol. The molecule has 0 rings (SSSR count). The van der Waals surface area contributed by atoms with Crippen molar-refractivity contribution >= 4 is 5.71 Å². The zero-order chi connectivity index (χ0) is 8.85. The van der Waals surface area contributed by atoms with Gasteiger partial charge in [-0.25, -0.2) is 8.78 Å². The summed E-state index contributed by atoms with van der Waals surface area (Å²) in [6, 6.07) is -0.953. The first kappa shape index (κ1) is 10.1. The number of allylic oxidation sites excluding steroid dienone is 1. The summed E-state index contributed by atoms with van der Waals surface area (Å²) in [4.78, 5) is 3.67. The Morgan fingerprint density at radius 2 is 2.09 bits per heavy atom. The van der Waals surface area contributed by atoms with E-state index in [0.29, 0.717) is 5.71 Å². The summed E-state index contributed by atoms with van der Waals surface area (Å²) in [7, 11) is 0. The Morgan fingerprint density at radius 1 is 1.55 bits per heavy atom. The number of aliphatic imine (C=N–C) groups is 1. The van der Waals surface area contributed by atoms with Crippen molar-refractivity contribution in [2.24, 2.45) is 10.7 Å². The maximum Gasteiger partial charge on any atom is 0.260 e. The van der Waals surface area contributed by atoms with Crippen molar-refractivity contribution in [1.29, 1.82) is 0 Å². The summed E-state index contributed by atoms with van der Waals surface area (Å²) in [5, 5.41) is 0. The van der Waals surface area contributed by atoms with Crippen LogP contribution in [0.3, 0.4) is 0 Å². The average molecular weight is 162 g/mol. The highest BCUT2D eigenvalue weighted by Crippen LogP contribution is 2.04. The number of hydrogen-bond donors (Lipinski definition) is 1. The number of rotatable bonds is 3. The van der Waals surface area contributed by atoms with Gasteiger partial charge in [-0.05, 0) is 26.1 Å². The maximum absolute atomic E-state index is 11.9. The molecule has 1 atom stereocenters. The van der Waals surface area contributed by atoms with E-state index in [0.717, 1.165) is 0 Å². The smallest absolute Gasteiger partial charge is 0.260 e. The highest BCUT2D eigenvalue weighted by Gasteiger charge is 2.11. The lowest BCUT2D eigenvalue weighted by Gasteiger charge is -2.03. The number of alkyl halides is 2. The van der Waals surface area contributed by atoms with E-state index in [-0.39, 0.29) is 0 Å². The molecular weight excluding hydrogens is 150 g/mol. The Hall–Kier alpha value is -0.930. The fourth-order valence-electron chi connectivity index (χ4n) is 0.560. The van der Waals surface area contributed by atoms with Gasteiger partial charge in [0.2, 0.25) is 0 Å². The average Bonchev–Trinajstić information content (AvgIpc) is 1.87. The molecule has 0 saturated carbocycles. The Kier molecular flexibility index (Phi) is 4.41. The molecule has 0 aliphatic carbocycles. The van der Waals surface area contributed by atoms with E-state index >= 15 is 0 Å². The van der Waals surface area contributed by atoms with Gasteiger partial charge < -0.3 is 5.73 Å². The van der Waals surface area contributed by atoms with Crippen molar-refractivity contribution in [3.05, 3.63) is 12.3 Å². The van der Waals surface area contributed by atoms with Crippen LogP contribution in [0.2, 0.25) is 0 Å². The third kappa shape index (κ3) is 4.47. The molecule has 0 radical (unpaired) electrons. The number of hydrogen-bond acceptors (Lipinski definition) is 2. The maximum atomic E-state index is 11.9. The van der Waals surface area contributed by atoms with Gasteiger partial charge in [0.05, 0.1) is 0 Å². The molecule has 64 valence electrons. The zero-order valence-corrected chi connectivity index (χ0v) is 6.59. The topological polar surface area (TPSA) is 38.4 Å². The van der Waals surface area contributed by atoms with Crippen molar-refractivity contribution in [2.45, 2.75) is 26.3 Å².